The maximum Gasteiger partial charge on any atom is 0.253 e. The van der Waals surface area contributed by atoms with E-state index in [4.69, 9.17) is 20.9 Å². The van der Waals surface area contributed by atoms with Crippen LogP contribution in [0.15, 0.2) is 42.6 Å². The average Bonchev–Trinajstić information content (AvgIpc) is 2.64. The Kier molecular flexibility index (Phi) is 5.33. The van der Waals surface area contributed by atoms with Crippen molar-refractivity contribution in [2.75, 3.05) is 18.9 Å². The van der Waals surface area contributed by atoms with Crippen LogP contribution in [0.25, 0.3) is 0 Å². The summed E-state index contributed by atoms with van der Waals surface area (Å²) in [6.07, 6.45) is 1.80. The maximum atomic E-state index is 12.4. The van der Waals surface area contributed by atoms with Gasteiger partial charge in [0.15, 0.2) is 0 Å². The Morgan fingerprint density at radius 1 is 1.15 bits per heavy atom. The largest absolute Gasteiger partial charge is 0.488 e. The zero-order valence-electron chi connectivity index (χ0n) is 14.1. The molecular weight excluding hydrogens is 336 g/mol. The third kappa shape index (κ3) is 4.28. The lowest BCUT2D eigenvalue weighted by molar-refractivity contribution is -0.00289. The number of nitrogens with zero attached hydrogens (tertiary/aromatic N) is 1. The summed E-state index contributed by atoms with van der Waals surface area (Å²) in [6.45, 7) is 0.887. The number of nitrogen functional groups attached to an aromatic ring is 1. The maximum absolute atomic E-state index is 12.4. The van der Waals surface area contributed by atoms with Crippen molar-refractivity contribution in [2.45, 2.75) is 18.6 Å². The number of rotatable bonds is 5. The van der Waals surface area contributed by atoms with E-state index in [1.807, 2.05) is 0 Å². The fourth-order valence-corrected chi connectivity index (χ4v) is 2.66. The number of primary amides is 1. The van der Waals surface area contributed by atoms with Crippen molar-refractivity contribution in [1.29, 1.82) is 0 Å². The zero-order chi connectivity index (χ0) is 18.5. The van der Waals surface area contributed by atoms with E-state index in [1.54, 1.807) is 36.4 Å². The molecule has 1 aromatic heterocycles. The van der Waals surface area contributed by atoms with Gasteiger partial charge >= 0.3 is 0 Å². The summed E-state index contributed by atoms with van der Waals surface area (Å²) in [5, 5.41) is 2.91. The van der Waals surface area contributed by atoms with Crippen LogP contribution in [0.5, 0.6) is 5.75 Å². The molecule has 5 N–H and O–H groups in total. The lowest BCUT2D eigenvalue weighted by Crippen LogP contribution is -2.51. The lowest BCUT2D eigenvalue weighted by Gasteiger charge is -2.32. The molecule has 2 atom stereocenters. The Bertz CT molecular complexity index is 777. The topological polar surface area (TPSA) is 130 Å². The van der Waals surface area contributed by atoms with Gasteiger partial charge in [0.05, 0.1) is 24.8 Å². The first-order valence-electron chi connectivity index (χ1n) is 8.19. The number of amides is 2. The molecule has 0 unspecified atom stereocenters. The minimum atomic E-state index is -0.495. The summed E-state index contributed by atoms with van der Waals surface area (Å²) in [4.78, 5) is 27.4. The normalized spacial score (nSPS) is 19.5. The third-order valence-electron chi connectivity index (χ3n) is 4.08. The van der Waals surface area contributed by atoms with E-state index in [2.05, 4.69) is 10.3 Å². The summed E-state index contributed by atoms with van der Waals surface area (Å²) in [5.74, 6) is 0.175. The average molecular weight is 356 g/mol. The minimum absolute atomic E-state index is 0.256. The third-order valence-corrected chi connectivity index (χ3v) is 4.08. The molecule has 0 radical (unpaired) electrons. The van der Waals surface area contributed by atoms with Crippen molar-refractivity contribution < 1.29 is 19.1 Å². The predicted molar refractivity (Wildman–Crippen MR) is 94.7 cm³/mol. The van der Waals surface area contributed by atoms with Crippen LogP contribution in [-0.4, -0.2) is 42.2 Å². The van der Waals surface area contributed by atoms with Crippen molar-refractivity contribution >= 4 is 17.6 Å². The number of benzene rings is 1. The van der Waals surface area contributed by atoms with Gasteiger partial charge in [-0.3, -0.25) is 9.59 Å². The monoisotopic (exact) mass is 356 g/mol. The van der Waals surface area contributed by atoms with Gasteiger partial charge in [0, 0.05) is 18.2 Å². The molecule has 1 aromatic carbocycles. The van der Waals surface area contributed by atoms with Gasteiger partial charge in [0.25, 0.3) is 5.91 Å². The highest BCUT2D eigenvalue weighted by Gasteiger charge is 2.29. The van der Waals surface area contributed by atoms with E-state index in [-0.39, 0.29) is 18.1 Å². The van der Waals surface area contributed by atoms with Gasteiger partial charge in [-0.15, -0.1) is 0 Å². The van der Waals surface area contributed by atoms with Crippen LogP contribution in [0.1, 0.15) is 27.1 Å². The van der Waals surface area contributed by atoms with Crippen LogP contribution >= 0.6 is 0 Å². The smallest absolute Gasteiger partial charge is 0.253 e. The Hall–Kier alpha value is -3.13. The van der Waals surface area contributed by atoms with E-state index in [0.29, 0.717) is 42.3 Å². The second kappa shape index (κ2) is 7.83. The van der Waals surface area contributed by atoms with E-state index in [9.17, 15) is 9.59 Å². The van der Waals surface area contributed by atoms with Crippen LogP contribution in [0.4, 0.5) is 5.82 Å². The number of carbonyl (C=O) groups is 2. The van der Waals surface area contributed by atoms with Gasteiger partial charge in [-0.2, -0.15) is 0 Å². The zero-order valence-corrected chi connectivity index (χ0v) is 14.1. The molecule has 2 amide bonds. The molecule has 0 saturated carbocycles. The Balaban J connectivity index is 1.66. The van der Waals surface area contributed by atoms with Crippen molar-refractivity contribution in [3.8, 4) is 5.75 Å². The molecule has 1 aliphatic rings. The molecule has 2 heterocycles. The fourth-order valence-electron chi connectivity index (χ4n) is 2.66. The van der Waals surface area contributed by atoms with E-state index in [1.165, 1.54) is 6.20 Å². The molecule has 2 aromatic rings. The molecule has 1 saturated heterocycles. The second-order valence-electron chi connectivity index (χ2n) is 5.96. The van der Waals surface area contributed by atoms with Crippen molar-refractivity contribution in [1.82, 2.24) is 10.3 Å². The van der Waals surface area contributed by atoms with Gasteiger partial charge < -0.3 is 26.3 Å². The summed E-state index contributed by atoms with van der Waals surface area (Å²) in [7, 11) is 0. The van der Waals surface area contributed by atoms with Gasteiger partial charge in [-0.25, -0.2) is 4.98 Å². The number of hydrogen-bond donors (Lipinski definition) is 3. The molecule has 0 spiro atoms. The number of anilines is 1. The number of aromatic nitrogens is 1. The molecule has 8 heteroatoms. The van der Waals surface area contributed by atoms with Crippen molar-refractivity contribution in [3.63, 3.8) is 0 Å². The van der Waals surface area contributed by atoms with Crippen LogP contribution in [0.3, 0.4) is 0 Å². The first-order valence-corrected chi connectivity index (χ1v) is 8.19. The second-order valence-corrected chi connectivity index (χ2v) is 5.96. The van der Waals surface area contributed by atoms with Crippen LogP contribution in [-0.2, 0) is 4.74 Å². The van der Waals surface area contributed by atoms with Crippen LogP contribution < -0.4 is 21.5 Å². The predicted octanol–water partition coefficient (Wildman–Crippen LogP) is 0.729. The molecule has 26 heavy (non-hydrogen) atoms. The number of nitrogens with one attached hydrogen (secondary N) is 1. The van der Waals surface area contributed by atoms with Crippen LogP contribution in [0, 0.1) is 0 Å². The number of ether oxygens (including phenoxy) is 2. The van der Waals surface area contributed by atoms with Gasteiger partial charge in [-0.05, 0) is 36.4 Å². The van der Waals surface area contributed by atoms with Crippen LogP contribution in [0.2, 0.25) is 0 Å². The Morgan fingerprint density at radius 2 is 1.88 bits per heavy atom. The molecule has 1 fully saturated rings. The number of nitrogens with two attached hydrogens (primary N) is 2. The SMILES string of the molecule is NC(=O)c1ccc(O[C@@H]2CCOC[C@H]2NC(=O)c2ccc(N)nc2)cc1. The summed E-state index contributed by atoms with van der Waals surface area (Å²) in [5.41, 5.74) is 11.6. The Morgan fingerprint density at radius 3 is 2.54 bits per heavy atom. The van der Waals surface area contributed by atoms with E-state index in [0.717, 1.165) is 0 Å². The van der Waals surface area contributed by atoms with E-state index >= 15 is 0 Å². The lowest BCUT2D eigenvalue weighted by atomic mass is 10.1. The van der Waals surface area contributed by atoms with Gasteiger partial charge in [0.2, 0.25) is 5.91 Å². The molecule has 0 aliphatic carbocycles. The number of carbonyl (C=O) groups excluding carboxylic acids is 2. The highest BCUT2D eigenvalue weighted by Crippen LogP contribution is 2.19. The van der Waals surface area contributed by atoms with Gasteiger partial charge in [0.1, 0.15) is 17.7 Å². The molecule has 8 nitrogen and oxygen atoms in total. The Labute approximate surface area is 150 Å². The molecule has 136 valence electrons. The summed E-state index contributed by atoms with van der Waals surface area (Å²) >= 11 is 0. The number of pyridine rings is 1. The summed E-state index contributed by atoms with van der Waals surface area (Å²) in [6, 6.07) is 9.43. The fraction of sp³-hybridized carbons (Fsp3) is 0.278. The standard InChI is InChI=1S/C18H20N4O4/c19-16-6-3-12(9-21-16)18(24)22-14-10-25-8-7-15(14)26-13-4-1-11(2-5-13)17(20)23/h1-6,9,14-15H,7-8,10H2,(H2,19,21)(H2,20,23)(H,22,24)/t14-,15-/m1/s1. The van der Waals surface area contributed by atoms with Gasteiger partial charge in [-0.1, -0.05) is 0 Å². The minimum Gasteiger partial charge on any atom is -0.488 e. The molecule has 1 aliphatic heterocycles. The summed E-state index contributed by atoms with van der Waals surface area (Å²) < 4.78 is 11.4. The highest BCUT2D eigenvalue weighted by molar-refractivity contribution is 5.94. The first kappa shape index (κ1) is 17.7. The first-order chi connectivity index (χ1) is 12.5. The van der Waals surface area contributed by atoms with E-state index < -0.39 is 5.91 Å². The number of hydrogen-bond acceptors (Lipinski definition) is 6. The quantitative estimate of drug-likeness (QED) is 0.724. The molecule has 3 rings (SSSR count). The molecule has 0 bridgehead atoms. The van der Waals surface area contributed by atoms with Crippen molar-refractivity contribution in [3.05, 3.63) is 53.7 Å². The highest BCUT2D eigenvalue weighted by atomic mass is 16.5. The van der Waals surface area contributed by atoms with Crippen molar-refractivity contribution in [2.24, 2.45) is 5.73 Å². The molecular formula is C18H20N4O4.